The summed E-state index contributed by atoms with van der Waals surface area (Å²) in [6.07, 6.45) is -0.308. The number of nitrogens with one attached hydrogen (secondary N) is 1. The number of carbonyl (C=O) groups excluding carboxylic acids is 3. The standard InChI is InChI=1S/C20H21NO6/c1-4-17(27-16-8-6-5-7-9-16)18(22)21-15-11-13(19(23)25-2)10-14(12-15)20(24)26-3/h5-12,17H,4H2,1-3H3,(H,21,22). The highest BCUT2D eigenvalue weighted by atomic mass is 16.5. The van der Waals surface area contributed by atoms with Gasteiger partial charge in [0, 0.05) is 5.69 Å². The first-order valence-electron chi connectivity index (χ1n) is 8.32. The highest BCUT2D eigenvalue weighted by Crippen LogP contribution is 2.19. The van der Waals surface area contributed by atoms with Crippen LogP contribution in [-0.4, -0.2) is 38.2 Å². The number of rotatable bonds is 7. The fourth-order valence-corrected chi connectivity index (χ4v) is 2.38. The summed E-state index contributed by atoms with van der Waals surface area (Å²) in [5, 5.41) is 2.67. The molecule has 2 aromatic carbocycles. The summed E-state index contributed by atoms with van der Waals surface area (Å²) in [6, 6.07) is 13.2. The van der Waals surface area contributed by atoms with E-state index >= 15 is 0 Å². The predicted molar refractivity (Wildman–Crippen MR) is 98.9 cm³/mol. The molecular weight excluding hydrogens is 350 g/mol. The van der Waals surface area contributed by atoms with Crippen molar-refractivity contribution in [2.45, 2.75) is 19.4 Å². The van der Waals surface area contributed by atoms with Crippen molar-refractivity contribution >= 4 is 23.5 Å². The molecule has 2 aromatic rings. The molecule has 1 N–H and O–H groups in total. The van der Waals surface area contributed by atoms with Crippen molar-refractivity contribution in [1.82, 2.24) is 0 Å². The summed E-state index contributed by atoms with van der Waals surface area (Å²) < 4.78 is 15.1. The van der Waals surface area contributed by atoms with E-state index in [1.165, 1.54) is 32.4 Å². The molecule has 0 radical (unpaired) electrons. The van der Waals surface area contributed by atoms with Crippen molar-refractivity contribution in [2.24, 2.45) is 0 Å². The van der Waals surface area contributed by atoms with Crippen LogP contribution in [0, 0.1) is 0 Å². The molecule has 1 unspecified atom stereocenters. The molecular formula is C20H21NO6. The van der Waals surface area contributed by atoms with Gasteiger partial charge in [-0.25, -0.2) is 9.59 Å². The van der Waals surface area contributed by atoms with Gasteiger partial charge in [0.2, 0.25) is 0 Å². The molecule has 1 atom stereocenters. The number of methoxy groups -OCH3 is 2. The van der Waals surface area contributed by atoms with Gasteiger partial charge < -0.3 is 19.5 Å². The molecule has 7 heteroatoms. The lowest BCUT2D eigenvalue weighted by Gasteiger charge is -2.18. The number of esters is 2. The molecule has 1 amide bonds. The second kappa shape index (κ2) is 9.38. The Morgan fingerprint density at radius 3 is 1.96 bits per heavy atom. The summed E-state index contributed by atoms with van der Waals surface area (Å²) >= 11 is 0. The SMILES string of the molecule is CCC(Oc1ccccc1)C(=O)Nc1cc(C(=O)OC)cc(C(=O)OC)c1. The zero-order chi connectivity index (χ0) is 19.8. The van der Waals surface area contributed by atoms with Gasteiger partial charge in [0.05, 0.1) is 25.3 Å². The summed E-state index contributed by atoms with van der Waals surface area (Å²) in [5.74, 6) is -1.11. The number of para-hydroxylation sites is 1. The van der Waals surface area contributed by atoms with Gasteiger partial charge in [0.15, 0.2) is 6.10 Å². The van der Waals surface area contributed by atoms with Crippen LogP contribution in [-0.2, 0) is 14.3 Å². The van der Waals surface area contributed by atoms with E-state index in [-0.39, 0.29) is 16.8 Å². The van der Waals surface area contributed by atoms with Crippen molar-refractivity contribution in [2.75, 3.05) is 19.5 Å². The van der Waals surface area contributed by atoms with Crippen LogP contribution in [0.4, 0.5) is 5.69 Å². The van der Waals surface area contributed by atoms with Gasteiger partial charge in [0.25, 0.3) is 5.91 Å². The third-order valence-corrected chi connectivity index (χ3v) is 3.73. The number of hydrogen-bond donors (Lipinski definition) is 1. The van der Waals surface area contributed by atoms with Crippen LogP contribution in [0.3, 0.4) is 0 Å². The van der Waals surface area contributed by atoms with Gasteiger partial charge in [-0.15, -0.1) is 0 Å². The Morgan fingerprint density at radius 1 is 0.926 bits per heavy atom. The Balaban J connectivity index is 2.24. The van der Waals surface area contributed by atoms with Crippen LogP contribution in [0.2, 0.25) is 0 Å². The van der Waals surface area contributed by atoms with Gasteiger partial charge in [-0.2, -0.15) is 0 Å². The Labute approximate surface area is 157 Å². The van der Waals surface area contributed by atoms with E-state index in [4.69, 9.17) is 4.74 Å². The highest BCUT2D eigenvalue weighted by molar-refractivity contribution is 6.00. The summed E-state index contributed by atoms with van der Waals surface area (Å²) in [5.41, 5.74) is 0.499. The first-order chi connectivity index (χ1) is 13.0. The maximum absolute atomic E-state index is 12.6. The fraction of sp³-hybridized carbons (Fsp3) is 0.250. The van der Waals surface area contributed by atoms with Crippen molar-refractivity contribution < 1.29 is 28.6 Å². The Morgan fingerprint density at radius 2 is 1.48 bits per heavy atom. The molecule has 27 heavy (non-hydrogen) atoms. The van der Waals surface area contributed by atoms with Gasteiger partial charge in [-0.3, -0.25) is 4.79 Å². The first kappa shape index (κ1) is 20.0. The average Bonchev–Trinajstić information content (AvgIpc) is 2.71. The van der Waals surface area contributed by atoms with Crippen LogP contribution in [0.25, 0.3) is 0 Å². The van der Waals surface area contributed by atoms with Crippen molar-refractivity contribution in [3.63, 3.8) is 0 Å². The average molecular weight is 371 g/mol. The lowest BCUT2D eigenvalue weighted by atomic mass is 10.1. The van der Waals surface area contributed by atoms with Gasteiger partial charge >= 0.3 is 11.9 Å². The van der Waals surface area contributed by atoms with Crippen LogP contribution in [0.1, 0.15) is 34.1 Å². The van der Waals surface area contributed by atoms with Crippen molar-refractivity contribution in [3.05, 3.63) is 59.7 Å². The van der Waals surface area contributed by atoms with Gasteiger partial charge in [-0.1, -0.05) is 25.1 Å². The molecule has 0 bridgehead atoms. The molecule has 7 nitrogen and oxygen atoms in total. The Kier molecular flexibility index (Phi) is 6.93. The molecule has 0 aromatic heterocycles. The fourth-order valence-electron chi connectivity index (χ4n) is 2.38. The van der Waals surface area contributed by atoms with Crippen LogP contribution < -0.4 is 10.1 Å². The Hall–Kier alpha value is -3.35. The quantitative estimate of drug-likeness (QED) is 0.752. The minimum atomic E-state index is -0.740. The van der Waals surface area contributed by atoms with E-state index in [1.807, 2.05) is 25.1 Å². The molecule has 0 aliphatic rings. The van der Waals surface area contributed by atoms with E-state index in [0.717, 1.165) is 0 Å². The van der Waals surface area contributed by atoms with Gasteiger partial charge in [0.1, 0.15) is 5.75 Å². The van der Waals surface area contributed by atoms with Crippen LogP contribution >= 0.6 is 0 Å². The van der Waals surface area contributed by atoms with Gasteiger partial charge in [-0.05, 0) is 36.8 Å². The van der Waals surface area contributed by atoms with E-state index < -0.39 is 23.9 Å². The molecule has 0 spiro atoms. The molecule has 0 saturated heterocycles. The predicted octanol–water partition coefficient (Wildman–Crippen LogP) is 3.06. The molecule has 0 aliphatic heterocycles. The molecule has 142 valence electrons. The number of carbonyl (C=O) groups is 3. The number of benzene rings is 2. The van der Waals surface area contributed by atoms with E-state index in [1.54, 1.807) is 12.1 Å². The summed E-state index contributed by atoms with van der Waals surface area (Å²) in [4.78, 5) is 36.2. The van der Waals surface area contributed by atoms with Crippen molar-refractivity contribution in [1.29, 1.82) is 0 Å². The smallest absolute Gasteiger partial charge is 0.337 e. The van der Waals surface area contributed by atoms with Crippen LogP contribution in [0.15, 0.2) is 48.5 Å². The molecule has 0 fully saturated rings. The molecule has 0 saturated carbocycles. The van der Waals surface area contributed by atoms with E-state index in [0.29, 0.717) is 12.2 Å². The number of hydrogen-bond acceptors (Lipinski definition) is 6. The summed E-state index contributed by atoms with van der Waals surface area (Å²) in [7, 11) is 2.46. The van der Waals surface area contributed by atoms with E-state index in [2.05, 4.69) is 14.8 Å². The maximum atomic E-state index is 12.6. The lowest BCUT2D eigenvalue weighted by molar-refractivity contribution is -0.122. The lowest BCUT2D eigenvalue weighted by Crippen LogP contribution is -2.32. The third-order valence-electron chi connectivity index (χ3n) is 3.73. The highest BCUT2D eigenvalue weighted by Gasteiger charge is 2.20. The van der Waals surface area contributed by atoms with Crippen molar-refractivity contribution in [3.8, 4) is 5.75 Å². The second-order valence-corrected chi connectivity index (χ2v) is 5.60. The maximum Gasteiger partial charge on any atom is 0.337 e. The Bertz CT molecular complexity index is 784. The first-order valence-corrected chi connectivity index (χ1v) is 8.32. The van der Waals surface area contributed by atoms with E-state index in [9.17, 15) is 14.4 Å². The number of anilines is 1. The largest absolute Gasteiger partial charge is 0.481 e. The number of amides is 1. The molecule has 2 rings (SSSR count). The minimum Gasteiger partial charge on any atom is -0.481 e. The normalized spacial score (nSPS) is 11.2. The second-order valence-electron chi connectivity index (χ2n) is 5.60. The molecule has 0 heterocycles. The zero-order valence-corrected chi connectivity index (χ0v) is 15.4. The molecule has 0 aliphatic carbocycles. The number of ether oxygens (including phenoxy) is 3. The van der Waals surface area contributed by atoms with Crippen LogP contribution in [0.5, 0.6) is 5.75 Å². The monoisotopic (exact) mass is 371 g/mol. The summed E-state index contributed by atoms with van der Waals surface area (Å²) in [6.45, 7) is 1.82. The minimum absolute atomic E-state index is 0.118. The zero-order valence-electron chi connectivity index (χ0n) is 15.4. The topological polar surface area (TPSA) is 90.9 Å². The third kappa shape index (κ3) is 5.31.